The van der Waals surface area contributed by atoms with E-state index in [9.17, 15) is 5.11 Å². The Labute approximate surface area is 194 Å². The normalized spacial score (nSPS) is 15.4. The first-order chi connectivity index (χ1) is 16.0. The first kappa shape index (κ1) is 20.5. The van der Waals surface area contributed by atoms with Crippen LogP contribution in [0.1, 0.15) is 36.2 Å². The van der Waals surface area contributed by atoms with E-state index in [4.69, 9.17) is 9.72 Å². The van der Waals surface area contributed by atoms with Gasteiger partial charge in [-0.25, -0.2) is 19.9 Å². The summed E-state index contributed by atoms with van der Waals surface area (Å²) in [4.78, 5) is 22.4. The average molecular weight is 461 g/mol. The molecular formula is C24H24N6O2S. The van der Waals surface area contributed by atoms with Crippen molar-refractivity contribution in [3.63, 3.8) is 0 Å². The molecule has 6 rings (SSSR count). The maximum atomic E-state index is 10.3. The molecule has 1 aromatic carbocycles. The number of ether oxygens (including phenoxy) is 1. The second kappa shape index (κ2) is 7.72. The van der Waals surface area contributed by atoms with Crippen molar-refractivity contribution in [1.82, 2.24) is 24.9 Å². The topological polar surface area (TPSA) is 109 Å². The molecule has 8 nitrogen and oxygen atoms in total. The predicted octanol–water partition coefficient (Wildman–Crippen LogP) is 4.11. The van der Waals surface area contributed by atoms with Crippen LogP contribution in [0.2, 0.25) is 0 Å². The van der Waals surface area contributed by atoms with Gasteiger partial charge in [0.05, 0.1) is 52.1 Å². The van der Waals surface area contributed by atoms with Crippen molar-refractivity contribution in [1.29, 1.82) is 0 Å². The highest BCUT2D eigenvalue weighted by atomic mass is 32.1. The van der Waals surface area contributed by atoms with Crippen molar-refractivity contribution in [2.24, 2.45) is 0 Å². The number of aliphatic hydroxyl groups is 1. The Bertz CT molecular complexity index is 1510. The van der Waals surface area contributed by atoms with Gasteiger partial charge in [0.25, 0.3) is 0 Å². The molecule has 0 saturated carbocycles. The molecule has 3 N–H and O–H groups in total. The minimum Gasteiger partial charge on any atom is -0.392 e. The quantitative estimate of drug-likeness (QED) is 0.362. The molecule has 0 saturated heterocycles. The molecule has 1 aliphatic heterocycles. The van der Waals surface area contributed by atoms with E-state index in [1.165, 1.54) is 5.56 Å². The Morgan fingerprint density at radius 2 is 2.15 bits per heavy atom. The molecule has 1 aliphatic rings. The van der Waals surface area contributed by atoms with Gasteiger partial charge in [-0.05, 0) is 43.5 Å². The second-order valence-electron chi connectivity index (χ2n) is 9.01. The molecule has 33 heavy (non-hydrogen) atoms. The van der Waals surface area contributed by atoms with E-state index in [0.717, 1.165) is 73.5 Å². The van der Waals surface area contributed by atoms with Crippen LogP contribution >= 0.6 is 11.3 Å². The third-order valence-electron chi connectivity index (χ3n) is 6.25. The van der Waals surface area contributed by atoms with Crippen LogP contribution in [0.15, 0.2) is 30.9 Å². The van der Waals surface area contributed by atoms with Crippen molar-refractivity contribution in [2.75, 3.05) is 11.9 Å². The van der Waals surface area contributed by atoms with Crippen LogP contribution in [0, 0.1) is 0 Å². The van der Waals surface area contributed by atoms with Crippen LogP contribution in [0.3, 0.4) is 0 Å². The Morgan fingerprint density at radius 1 is 1.24 bits per heavy atom. The largest absolute Gasteiger partial charge is 0.392 e. The van der Waals surface area contributed by atoms with Crippen LogP contribution < -0.4 is 5.32 Å². The van der Waals surface area contributed by atoms with Gasteiger partial charge in [0.15, 0.2) is 0 Å². The van der Waals surface area contributed by atoms with E-state index in [0.29, 0.717) is 6.61 Å². The summed E-state index contributed by atoms with van der Waals surface area (Å²) in [6.07, 6.45) is 4.86. The van der Waals surface area contributed by atoms with Crippen LogP contribution in [0.4, 0.5) is 5.82 Å². The number of rotatable bonds is 5. The second-order valence-corrected chi connectivity index (χ2v) is 10.0. The maximum Gasteiger partial charge on any atom is 0.147 e. The number of imidazole rings is 1. The lowest BCUT2D eigenvalue weighted by atomic mass is 9.92. The van der Waals surface area contributed by atoms with Gasteiger partial charge in [-0.3, -0.25) is 0 Å². The summed E-state index contributed by atoms with van der Waals surface area (Å²) >= 11 is 1.58. The number of benzene rings is 1. The third kappa shape index (κ3) is 3.52. The lowest BCUT2D eigenvalue weighted by Crippen LogP contribution is -2.33. The molecule has 0 fully saturated rings. The van der Waals surface area contributed by atoms with E-state index < -0.39 is 0 Å². The van der Waals surface area contributed by atoms with Gasteiger partial charge in [-0.1, -0.05) is 6.07 Å². The van der Waals surface area contributed by atoms with Crippen molar-refractivity contribution < 1.29 is 9.84 Å². The van der Waals surface area contributed by atoms with Crippen molar-refractivity contribution in [3.8, 4) is 0 Å². The number of fused-ring (bicyclic) bond motifs is 5. The van der Waals surface area contributed by atoms with E-state index in [-0.39, 0.29) is 12.2 Å². The van der Waals surface area contributed by atoms with Gasteiger partial charge in [0.1, 0.15) is 17.0 Å². The van der Waals surface area contributed by atoms with E-state index in [1.807, 2.05) is 6.07 Å². The number of hydrogen-bond acceptors (Lipinski definition) is 8. The van der Waals surface area contributed by atoms with Crippen LogP contribution in [-0.2, 0) is 30.8 Å². The summed E-state index contributed by atoms with van der Waals surface area (Å²) in [5.41, 5.74) is 6.67. The highest BCUT2D eigenvalue weighted by molar-refractivity contribution is 7.26. The predicted molar refractivity (Wildman–Crippen MR) is 129 cm³/mol. The summed E-state index contributed by atoms with van der Waals surface area (Å²) in [7, 11) is 0. The zero-order valence-electron chi connectivity index (χ0n) is 18.5. The highest BCUT2D eigenvalue weighted by Crippen LogP contribution is 2.40. The van der Waals surface area contributed by atoms with E-state index in [2.05, 4.69) is 51.2 Å². The average Bonchev–Trinajstić information content (AvgIpc) is 3.41. The van der Waals surface area contributed by atoms with Gasteiger partial charge < -0.3 is 20.1 Å². The summed E-state index contributed by atoms with van der Waals surface area (Å²) in [6, 6.07) is 6.26. The number of nitrogens with one attached hydrogen (secondary N) is 2. The number of aromatic nitrogens is 5. The SMILES string of the molecule is CC1(C)Cc2nc3sc4c(NCCc5ccc6nc[nH]c6c5)ncnc4c3c(CO)c2CO1. The van der Waals surface area contributed by atoms with E-state index in [1.54, 1.807) is 24.0 Å². The zero-order valence-corrected chi connectivity index (χ0v) is 19.3. The number of thiophene rings is 1. The fourth-order valence-corrected chi connectivity index (χ4v) is 5.71. The molecule has 0 aliphatic carbocycles. The standard InChI is InChI=1S/C24H24N6O2S/c1-24(2)8-18-15(10-32-24)14(9-31)19-20-21(33-23(19)30-18)22(29-12-28-20)25-6-5-13-3-4-16-17(7-13)27-11-26-16/h3-4,7,11-12,31H,5-6,8-10H2,1-2H3,(H,26,27)(H,25,28,29). The third-order valence-corrected chi connectivity index (χ3v) is 7.33. The van der Waals surface area contributed by atoms with Gasteiger partial charge in [0.2, 0.25) is 0 Å². The minimum absolute atomic E-state index is 0.0696. The summed E-state index contributed by atoms with van der Waals surface area (Å²) in [5.74, 6) is 0.795. The first-order valence-electron chi connectivity index (χ1n) is 11.0. The first-order valence-corrected chi connectivity index (χ1v) is 11.8. The fourth-order valence-electron chi connectivity index (χ4n) is 4.57. The zero-order chi connectivity index (χ0) is 22.6. The van der Waals surface area contributed by atoms with Crippen molar-refractivity contribution in [3.05, 3.63) is 53.2 Å². The van der Waals surface area contributed by atoms with Gasteiger partial charge in [-0.2, -0.15) is 0 Å². The smallest absolute Gasteiger partial charge is 0.147 e. The Balaban J connectivity index is 1.34. The number of aromatic amines is 1. The molecule has 168 valence electrons. The molecule has 0 radical (unpaired) electrons. The van der Waals surface area contributed by atoms with Gasteiger partial charge in [0, 0.05) is 23.9 Å². The van der Waals surface area contributed by atoms with Gasteiger partial charge in [-0.15, -0.1) is 11.3 Å². The van der Waals surface area contributed by atoms with E-state index >= 15 is 0 Å². The molecule has 4 aromatic heterocycles. The van der Waals surface area contributed by atoms with Crippen LogP contribution in [0.5, 0.6) is 0 Å². The number of pyridine rings is 1. The number of anilines is 1. The fraction of sp³-hybridized carbons (Fsp3) is 0.333. The summed E-state index contributed by atoms with van der Waals surface area (Å²) in [6.45, 7) is 5.26. The van der Waals surface area contributed by atoms with Crippen molar-refractivity contribution in [2.45, 2.75) is 45.5 Å². The lowest BCUT2D eigenvalue weighted by molar-refractivity contribution is -0.0418. The molecule has 0 unspecified atom stereocenters. The Kier molecular flexibility index (Phi) is 4.79. The molecule has 0 atom stereocenters. The number of H-pyrrole nitrogens is 1. The van der Waals surface area contributed by atoms with Crippen LogP contribution in [-0.4, -0.2) is 42.2 Å². The Morgan fingerprint density at radius 3 is 3.03 bits per heavy atom. The van der Waals surface area contributed by atoms with Gasteiger partial charge >= 0.3 is 0 Å². The minimum atomic E-state index is -0.261. The summed E-state index contributed by atoms with van der Waals surface area (Å²) < 4.78 is 6.97. The number of nitrogens with zero attached hydrogens (tertiary/aromatic N) is 4. The van der Waals surface area contributed by atoms with Crippen molar-refractivity contribution >= 4 is 48.6 Å². The molecular weight excluding hydrogens is 436 g/mol. The molecule has 5 aromatic rings. The molecule has 0 bridgehead atoms. The number of aliphatic hydroxyl groups excluding tert-OH is 1. The number of hydrogen-bond donors (Lipinski definition) is 3. The summed E-state index contributed by atoms with van der Waals surface area (Å²) in [5, 5.41) is 14.6. The highest BCUT2D eigenvalue weighted by Gasteiger charge is 2.30. The molecule has 0 amide bonds. The maximum absolute atomic E-state index is 10.3. The molecule has 9 heteroatoms. The molecule has 5 heterocycles. The lowest BCUT2D eigenvalue weighted by Gasteiger charge is -2.32. The van der Waals surface area contributed by atoms with Crippen LogP contribution in [0.25, 0.3) is 31.5 Å². The monoisotopic (exact) mass is 460 g/mol. The Hall–Kier alpha value is -3.14. The molecule has 0 spiro atoms.